The Balaban J connectivity index is 2.27. The molecule has 0 unspecified atom stereocenters. The van der Waals surface area contributed by atoms with Gasteiger partial charge in [0.15, 0.2) is 5.65 Å². The first-order valence-electron chi connectivity index (χ1n) is 4.29. The molecule has 7 heteroatoms. The molecule has 0 amide bonds. The van der Waals surface area contributed by atoms with E-state index in [-0.39, 0.29) is 5.28 Å². The molecular formula is C8H9ClN4OS. The number of fused-ring (bicyclic) bond motifs is 1. The number of thioether (sulfide) groups is 1. The standard InChI is InChI=1S/C8H9ClN4OS/c1-14-2-3-15-7-5-4-10-13-6(5)11-8(9)12-7/h4H,2-3H2,1H3,(H,10,11,12,13). The average Bonchev–Trinajstić information content (AvgIpc) is 2.65. The Morgan fingerprint density at radius 3 is 3.20 bits per heavy atom. The minimum absolute atomic E-state index is 0.228. The summed E-state index contributed by atoms with van der Waals surface area (Å²) in [5.74, 6) is 0.824. The Kier molecular flexibility index (Phi) is 3.40. The quantitative estimate of drug-likeness (QED) is 0.384. The van der Waals surface area contributed by atoms with Gasteiger partial charge in [-0.1, -0.05) is 0 Å². The van der Waals surface area contributed by atoms with Crippen molar-refractivity contribution in [1.82, 2.24) is 20.2 Å². The van der Waals surface area contributed by atoms with Crippen LogP contribution in [-0.4, -0.2) is 39.6 Å². The molecule has 0 spiro atoms. The molecule has 0 aromatic carbocycles. The zero-order valence-corrected chi connectivity index (χ0v) is 9.60. The topological polar surface area (TPSA) is 63.7 Å². The summed E-state index contributed by atoms with van der Waals surface area (Å²) in [6.07, 6.45) is 1.70. The van der Waals surface area contributed by atoms with Crippen molar-refractivity contribution >= 4 is 34.4 Å². The minimum Gasteiger partial charge on any atom is -0.384 e. The van der Waals surface area contributed by atoms with Crippen molar-refractivity contribution in [3.8, 4) is 0 Å². The number of nitrogens with zero attached hydrogens (tertiary/aromatic N) is 3. The monoisotopic (exact) mass is 244 g/mol. The first-order chi connectivity index (χ1) is 7.31. The predicted molar refractivity (Wildman–Crippen MR) is 59.3 cm³/mol. The minimum atomic E-state index is 0.228. The summed E-state index contributed by atoms with van der Waals surface area (Å²) in [7, 11) is 1.67. The van der Waals surface area contributed by atoms with Crippen LogP contribution in [0.15, 0.2) is 11.2 Å². The third-order valence-electron chi connectivity index (χ3n) is 1.77. The summed E-state index contributed by atoms with van der Waals surface area (Å²) >= 11 is 7.35. The van der Waals surface area contributed by atoms with Crippen molar-refractivity contribution in [3.05, 3.63) is 11.5 Å². The van der Waals surface area contributed by atoms with E-state index in [1.54, 1.807) is 25.1 Å². The van der Waals surface area contributed by atoms with E-state index in [0.717, 1.165) is 16.2 Å². The molecular weight excluding hydrogens is 236 g/mol. The fourth-order valence-corrected chi connectivity index (χ4v) is 2.23. The van der Waals surface area contributed by atoms with E-state index in [1.165, 1.54) is 0 Å². The second kappa shape index (κ2) is 4.78. The van der Waals surface area contributed by atoms with Crippen molar-refractivity contribution < 1.29 is 4.74 Å². The van der Waals surface area contributed by atoms with Crippen LogP contribution in [0.5, 0.6) is 0 Å². The number of H-pyrrole nitrogens is 1. The highest BCUT2D eigenvalue weighted by atomic mass is 35.5. The van der Waals surface area contributed by atoms with Gasteiger partial charge in [-0.05, 0) is 11.6 Å². The molecule has 1 N–H and O–H groups in total. The summed E-state index contributed by atoms with van der Waals surface area (Å²) in [6, 6.07) is 0. The highest BCUT2D eigenvalue weighted by Crippen LogP contribution is 2.24. The molecule has 2 heterocycles. The zero-order valence-electron chi connectivity index (χ0n) is 8.03. The molecule has 80 valence electrons. The SMILES string of the molecule is COCCSc1nc(Cl)nc2[nH]ncc12. The van der Waals surface area contributed by atoms with Gasteiger partial charge >= 0.3 is 0 Å². The summed E-state index contributed by atoms with van der Waals surface area (Å²) < 4.78 is 4.97. The van der Waals surface area contributed by atoms with Gasteiger partial charge in [-0.25, -0.2) is 4.98 Å². The molecule has 2 aromatic rings. The first-order valence-corrected chi connectivity index (χ1v) is 5.66. The normalized spacial score (nSPS) is 11.1. The Morgan fingerprint density at radius 2 is 2.40 bits per heavy atom. The molecule has 0 bridgehead atoms. The van der Waals surface area contributed by atoms with Gasteiger partial charge in [-0.2, -0.15) is 10.1 Å². The summed E-state index contributed by atoms with van der Waals surface area (Å²) in [6.45, 7) is 0.672. The van der Waals surface area contributed by atoms with Crippen molar-refractivity contribution in [2.45, 2.75) is 5.03 Å². The predicted octanol–water partition coefficient (Wildman–Crippen LogP) is 1.74. The third kappa shape index (κ3) is 2.39. The van der Waals surface area contributed by atoms with Crippen LogP contribution >= 0.6 is 23.4 Å². The second-order valence-corrected chi connectivity index (χ2v) is 4.19. The van der Waals surface area contributed by atoms with Crippen LogP contribution in [0.2, 0.25) is 5.28 Å². The Morgan fingerprint density at radius 1 is 1.53 bits per heavy atom. The lowest BCUT2D eigenvalue weighted by atomic mass is 10.4. The van der Waals surface area contributed by atoms with Gasteiger partial charge in [0.05, 0.1) is 18.2 Å². The molecule has 2 rings (SSSR count). The largest absolute Gasteiger partial charge is 0.384 e. The number of hydrogen-bond acceptors (Lipinski definition) is 5. The molecule has 2 aromatic heterocycles. The Hall–Kier alpha value is -0.850. The number of ether oxygens (including phenoxy) is 1. The average molecular weight is 245 g/mol. The number of aromatic nitrogens is 4. The molecule has 15 heavy (non-hydrogen) atoms. The van der Waals surface area contributed by atoms with Crippen LogP contribution in [-0.2, 0) is 4.74 Å². The van der Waals surface area contributed by atoms with Crippen LogP contribution < -0.4 is 0 Å². The van der Waals surface area contributed by atoms with Gasteiger partial charge in [0, 0.05) is 12.9 Å². The van der Waals surface area contributed by atoms with Gasteiger partial charge in [0.1, 0.15) is 5.03 Å². The van der Waals surface area contributed by atoms with Crippen LogP contribution in [0.3, 0.4) is 0 Å². The van der Waals surface area contributed by atoms with E-state index in [4.69, 9.17) is 16.3 Å². The lowest BCUT2D eigenvalue weighted by molar-refractivity contribution is 0.218. The number of halogens is 1. The number of nitrogens with one attached hydrogen (secondary N) is 1. The summed E-state index contributed by atoms with van der Waals surface area (Å²) in [5.41, 5.74) is 0.662. The number of rotatable bonds is 4. The molecule has 5 nitrogen and oxygen atoms in total. The molecule has 0 fully saturated rings. The fourth-order valence-electron chi connectivity index (χ4n) is 1.11. The third-order valence-corrected chi connectivity index (χ3v) is 2.90. The van der Waals surface area contributed by atoms with Crippen LogP contribution in [0.4, 0.5) is 0 Å². The zero-order chi connectivity index (χ0) is 10.7. The fraction of sp³-hybridized carbons (Fsp3) is 0.375. The van der Waals surface area contributed by atoms with Gasteiger partial charge < -0.3 is 4.74 Å². The van der Waals surface area contributed by atoms with Crippen LogP contribution in [0.25, 0.3) is 11.0 Å². The highest BCUT2D eigenvalue weighted by Gasteiger charge is 2.08. The maximum absolute atomic E-state index is 5.78. The van der Waals surface area contributed by atoms with Gasteiger partial charge in [0.2, 0.25) is 5.28 Å². The molecule has 0 saturated carbocycles. The summed E-state index contributed by atoms with van der Waals surface area (Å²) in [4.78, 5) is 8.16. The van der Waals surface area contributed by atoms with E-state index in [9.17, 15) is 0 Å². The molecule has 0 radical (unpaired) electrons. The van der Waals surface area contributed by atoms with E-state index in [2.05, 4.69) is 20.2 Å². The first kappa shape index (κ1) is 10.7. The molecule has 0 aliphatic heterocycles. The van der Waals surface area contributed by atoms with E-state index in [1.807, 2.05) is 0 Å². The van der Waals surface area contributed by atoms with E-state index in [0.29, 0.717) is 12.3 Å². The lowest BCUT2D eigenvalue weighted by Crippen LogP contribution is -1.94. The van der Waals surface area contributed by atoms with Gasteiger partial charge in [-0.3, -0.25) is 5.10 Å². The molecule has 0 saturated heterocycles. The number of aromatic amines is 1. The van der Waals surface area contributed by atoms with E-state index >= 15 is 0 Å². The smallest absolute Gasteiger partial charge is 0.225 e. The van der Waals surface area contributed by atoms with Gasteiger partial charge in [-0.15, -0.1) is 11.8 Å². The van der Waals surface area contributed by atoms with Crippen LogP contribution in [0, 0.1) is 0 Å². The van der Waals surface area contributed by atoms with Crippen molar-refractivity contribution in [3.63, 3.8) is 0 Å². The van der Waals surface area contributed by atoms with Crippen molar-refractivity contribution in [2.75, 3.05) is 19.5 Å². The number of methoxy groups -OCH3 is 1. The molecule has 0 atom stereocenters. The van der Waals surface area contributed by atoms with Crippen molar-refractivity contribution in [1.29, 1.82) is 0 Å². The maximum Gasteiger partial charge on any atom is 0.225 e. The maximum atomic E-state index is 5.78. The van der Waals surface area contributed by atoms with Gasteiger partial charge in [0.25, 0.3) is 0 Å². The summed E-state index contributed by atoms with van der Waals surface area (Å²) in [5, 5.41) is 8.61. The molecule has 0 aliphatic rings. The van der Waals surface area contributed by atoms with E-state index < -0.39 is 0 Å². The second-order valence-electron chi connectivity index (χ2n) is 2.77. The Bertz CT molecular complexity index is 461. The lowest BCUT2D eigenvalue weighted by Gasteiger charge is -2.01. The van der Waals surface area contributed by atoms with Crippen LogP contribution in [0.1, 0.15) is 0 Å². The van der Waals surface area contributed by atoms with Crippen molar-refractivity contribution in [2.24, 2.45) is 0 Å². The Labute approximate surface area is 95.6 Å². The molecule has 0 aliphatic carbocycles. The number of hydrogen-bond donors (Lipinski definition) is 1. The highest BCUT2D eigenvalue weighted by molar-refractivity contribution is 7.99.